The summed E-state index contributed by atoms with van der Waals surface area (Å²) in [5.74, 6) is -0.321. The van der Waals surface area contributed by atoms with Gasteiger partial charge in [-0.1, -0.05) is 24.3 Å². The molecule has 1 aliphatic heterocycles. The molecule has 2 aromatic carbocycles. The van der Waals surface area contributed by atoms with Crippen molar-refractivity contribution in [1.29, 1.82) is 0 Å². The summed E-state index contributed by atoms with van der Waals surface area (Å²) in [5.41, 5.74) is 1.41. The minimum atomic E-state index is -3.52. The summed E-state index contributed by atoms with van der Waals surface area (Å²) >= 11 is 0. The van der Waals surface area contributed by atoms with Gasteiger partial charge < -0.3 is 10.1 Å². The molecule has 0 spiro atoms. The van der Waals surface area contributed by atoms with Gasteiger partial charge in [0.1, 0.15) is 0 Å². The van der Waals surface area contributed by atoms with Crippen LogP contribution in [0.25, 0.3) is 6.08 Å². The van der Waals surface area contributed by atoms with E-state index >= 15 is 0 Å². The molecule has 164 valence electrons. The molecule has 2 aromatic rings. The minimum absolute atomic E-state index is 0.0401. The smallest absolute Gasteiger partial charge is 0.270 e. The monoisotopic (exact) mass is 445 g/mol. The van der Waals surface area contributed by atoms with E-state index in [4.69, 9.17) is 4.74 Å². The highest BCUT2D eigenvalue weighted by Crippen LogP contribution is 2.18. The Morgan fingerprint density at radius 1 is 1.16 bits per heavy atom. The summed E-state index contributed by atoms with van der Waals surface area (Å²) < 4.78 is 31.8. The maximum absolute atomic E-state index is 12.6. The summed E-state index contributed by atoms with van der Waals surface area (Å²) in [6.07, 6.45) is 3.36. The molecule has 0 aliphatic carbocycles. The summed E-state index contributed by atoms with van der Waals surface area (Å²) in [6, 6.07) is 12.6. The van der Waals surface area contributed by atoms with Crippen LogP contribution in [-0.4, -0.2) is 56.4 Å². The van der Waals surface area contributed by atoms with E-state index in [0.717, 1.165) is 5.56 Å². The number of nitrogens with one attached hydrogen (secondary N) is 1. The first-order valence-electron chi connectivity index (χ1n) is 9.73. The number of amides is 1. The number of morpholine rings is 1. The minimum Gasteiger partial charge on any atom is -0.379 e. The Labute approximate surface area is 180 Å². The first-order chi connectivity index (χ1) is 14.9. The van der Waals surface area contributed by atoms with E-state index in [1.807, 2.05) is 0 Å². The third-order valence-electron chi connectivity index (χ3n) is 4.75. The highest BCUT2D eigenvalue weighted by atomic mass is 32.2. The average molecular weight is 445 g/mol. The zero-order valence-electron chi connectivity index (χ0n) is 16.8. The lowest BCUT2D eigenvalue weighted by Crippen LogP contribution is -2.40. The number of carbonyl (C=O) groups is 1. The normalized spacial score (nSPS) is 15.1. The fourth-order valence-electron chi connectivity index (χ4n) is 3.07. The van der Waals surface area contributed by atoms with E-state index in [-0.39, 0.29) is 16.5 Å². The fraction of sp³-hybridized carbons (Fsp3) is 0.286. The van der Waals surface area contributed by atoms with Gasteiger partial charge in [-0.15, -0.1) is 0 Å². The van der Waals surface area contributed by atoms with Gasteiger partial charge in [0.05, 0.1) is 23.0 Å². The number of nitro groups is 1. The molecule has 0 bridgehead atoms. The Hall–Kier alpha value is -3.08. The van der Waals surface area contributed by atoms with Gasteiger partial charge in [0.25, 0.3) is 5.69 Å². The van der Waals surface area contributed by atoms with Gasteiger partial charge in [-0.3, -0.25) is 14.9 Å². The third-order valence-corrected chi connectivity index (χ3v) is 6.67. The molecule has 0 saturated carbocycles. The number of carbonyl (C=O) groups excluding carboxylic acids is 1. The molecule has 1 heterocycles. The largest absolute Gasteiger partial charge is 0.379 e. The molecule has 1 amide bonds. The second kappa shape index (κ2) is 10.3. The van der Waals surface area contributed by atoms with Crippen LogP contribution in [0.1, 0.15) is 11.1 Å². The molecule has 0 radical (unpaired) electrons. The van der Waals surface area contributed by atoms with Crippen LogP contribution in [0.4, 0.5) is 5.69 Å². The molecule has 1 saturated heterocycles. The van der Waals surface area contributed by atoms with Crippen LogP contribution in [0.5, 0.6) is 0 Å². The highest BCUT2D eigenvalue weighted by molar-refractivity contribution is 7.89. The summed E-state index contributed by atoms with van der Waals surface area (Å²) in [7, 11) is -3.52. The first-order valence-corrected chi connectivity index (χ1v) is 11.2. The van der Waals surface area contributed by atoms with Crippen LogP contribution in [0, 0.1) is 10.1 Å². The number of nitro benzene ring substituents is 1. The van der Waals surface area contributed by atoms with Gasteiger partial charge in [-0.2, -0.15) is 4.31 Å². The third kappa shape index (κ3) is 6.20. The lowest BCUT2D eigenvalue weighted by atomic mass is 10.1. The van der Waals surface area contributed by atoms with Crippen LogP contribution >= 0.6 is 0 Å². The lowest BCUT2D eigenvalue weighted by Gasteiger charge is -2.26. The van der Waals surface area contributed by atoms with Crippen LogP contribution in [0.2, 0.25) is 0 Å². The van der Waals surface area contributed by atoms with Crippen molar-refractivity contribution < 1.29 is 22.9 Å². The van der Waals surface area contributed by atoms with Crippen molar-refractivity contribution in [2.24, 2.45) is 0 Å². The van der Waals surface area contributed by atoms with Crippen molar-refractivity contribution >= 4 is 27.7 Å². The standard InChI is InChI=1S/C21H23N3O6S/c25-21(9-6-18-2-1-3-19(16-18)24(26)27)22-11-10-17-4-7-20(8-5-17)31(28,29)23-12-14-30-15-13-23/h1-9,16H,10-15H2,(H,22,25)/b9-6+. The van der Waals surface area contributed by atoms with Crippen LogP contribution < -0.4 is 5.32 Å². The van der Waals surface area contributed by atoms with Gasteiger partial charge in [0.2, 0.25) is 15.9 Å². The van der Waals surface area contributed by atoms with E-state index in [9.17, 15) is 23.3 Å². The zero-order chi connectivity index (χ0) is 22.3. The van der Waals surface area contributed by atoms with E-state index in [2.05, 4.69) is 5.32 Å². The number of hydrogen-bond donors (Lipinski definition) is 1. The quantitative estimate of drug-likeness (QED) is 0.377. The summed E-state index contributed by atoms with van der Waals surface area (Å²) in [4.78, 5) is 22.5. The lowest BCUT2D eigenvalue weighted by molar-refractivity contribution is -0.384. The Morgan fingerprint density at radius 2 is 1.87 bits per heavy atom. The molecule has 1 fully saturated rings. The molecule has 9 nitrogen and oxygen atoms in total. The molecule has 3 rings (SSSR count). The number of hydrogen-bond acceptors (Lipinski definition) is 6. The SMILES string of the molecule is O=C(/C=C/c1cccc([N+](=O)[O-])c1)NCCc1ccc(S(=O)(=O)N2CCOCC2)cc1. The van der Waals surface area contributed by atoms with Crippen LogP contribution in [0.15, 0.2) is 59.5 Å². The Balaban J connectivity index is 1.49. The van der Waals surface area contributed by atoms with E-state index in [1.165, 1.54) is 28.6 Å². The summed E-state index contributed by atoms with van der Waals surface area (Å²) in [5, 5.41) is 13.5. The highest BCUT2D eigenvalue weighted by Gasteiger charge is 2.25. The molecule has 1 N–H and O–H groups in total. The number of non-ortho nitro benzene ring substituents is 1. The maximum Gasteiger partial charge on any atom is 0.270 e. The Kier molecular flexibility index (Phi) is 7.50. The molecule has 1 aliphatic rings. The van der Waals surface area contributed by atoms with E-state index in [1.54, 1.807) is 36.4 Å². The Morgan fingerprint density at radius 3 is 2.55 bits per heavy atom. The predicted octanol–water partition coefficient (Wildman–Crippen LogP) is 1.99. The van der Waals surface area contributed by atoms with E-state index < -0.39 is 14.9 Å². The fourth-order valence-corrected chi connectivity index (χ4v) is 4.47. The van der Waals surface area contributed by atoms with Crippen molar-refractivity contribution in [3.63, 3.8) is 0 Å². The predicted molar refractivity (Wildman–Crippen MR) is 115 cm³/mol. The van der Waals surface area contributed by atoms with Crippen molar-refractivity contribution in [1.82, 2.24) is 9.62 Å². The van der Waals surface area contributed by atoms with Gasteiger partial charge in [-0.25, -0.2) is 8.42 Å². The number of sulfonamides is 1. The molecule has 10 heteroatoms. The van der Waals surface area contributed by atoms with Gasteiger partial charge in [0.15, 0.2) is 0 Å². The van der Waals surface area contributed by atoms with Crippen molar-refractivity contribution in [2.75, 3.05) is 32.8 Å². The second-order valence-corrected chi connectivity index (χ2v) is 8.82. The van der Waals surface area contributed by atoms with Crippen molar-refractivity contribution in [3.8, 4) is 0 Å². The number of ether oxygens (including phenoxy) is 1. The first kappa shape index (κ1) is 22.6. The van der Waals surface area contributed by atoms with Gasteiger partial charge >= 0.3 is 0 Å². The second-order valence-electron chi connectivity index (χ2n) is 6.89. The Bertz CT molecular complexity index is 1060. The van der Waals surface area contributed by atoms with Gasteiger partial charge in [0, 0.05) is 37.8 Å². The zero-order valence-corrected chi connectivity index (χ0v) is 17.6. The molecular formula is C21H23N3O6S. The van der Waals surface area contributed by atoms with Crippen LogP contribution in [-0.2, 0) is 26.0 Å². The molecular weight excluding hydrogens is 422 g/mol. The maximum atomic E-state index is 12.6. The van der Waals surface area contributed by atoms with Crippen molar-refractivity contribution in [3.05, 3.63) is 75.8 Å². The van der Waals surface area contributed by atoms with Crippen LogP contribution in [0.3, 0.4) is 0 Å². The van der Waals surface area contributed by atoms with Crippen molar-refractivity contribution in [2.45, 2.75) is 11.3 Å². The van der Waals surface area contributed by atoms with Gasteiger partial charge in [-0.05, 0) is 35.8 Å². The molecule has 31 heavy (non-hydrogen) atoms. The molecule has 0 unspecified atom stereocenters. The van der Waals surface area contributed by atoms with E-state index in [0.29, 0.717) is 44.8 Å². The molecule has 0 atom stereocenters. The topological polar surface area (TPSA) is 119 Å². The molecule has 0 aromatic heterocycles. The summed E-state index contributed by atoms with van der Waals surface area (Å²) in [6.45, 7) is 1.85. The number of rotatable bonds is 8. The number of benzene rings is 2. The number of nitrogens with zero attached hydrogens (tertiary/aromatic N) is 2. The average Bonchev–Trinajstić information content (AvgIpc) is 2.79.